The van der Waals surface area contributed by atoms with Crippen molar-refractivity contribution in [3.63, 3.8) is 0 Å². The fourth-order valence-corrected chi connectivity index (χ4v) is 2.49. The summed E-state index contributed by atoms with van der Waals surface area (Å²) in [7, 11) is 1.72. The van der Waals surface area contributed by atoms with Gasteiger partial charge in [0.05, 0.1) is 6.61 Å². The van der Waals surface area contributed by atoms with Crippen LogP contribution < -0.4 is 14.8 Å². The van der Waals surface area contributed by atoms with Crippen LogP contribution in [0.25, 0.3) is 0 Å². The van der Waals surface area contributed by atoms with Crippen LogP contribution in [0.5, 0.6) is 11.5 Å². The molecule has 4 nitrogen and oxygen atoms in total. The lowest BCUT2D eigenvalue weighted by Crippen LogP contribution is -2.16. The van der Waals surface area contributed by atoms with Gasteiger partial charge in [-0.15, -0.1) is 12.4 Å². The monoisotopic (exact) mass is 399 g/mol. The number of ether oxygens (including phenoxy) is 3. The zero-order valence-electron chi connectivity index (χ0n) is 15.3. The van der Waals surface area contributed by atoms with Crippen LogP contribution in [0.1, 0.15) is 24.5 Å². The molecule has 0 heterocycles. The van der Waals surface area contributed by atoms with Gasteiger partial charge in [0.2, 0.25) is 0 Å². The Labute approximate surface area is 167 Å². The third kappa shape index (κ3) is 7.83. The van der Waals surface area contributed by atoms with Crippen molar-refractivity contribution in [3.05, 3.63) is 58.6 Å². The van der Waals surface area contributed by atoms with Gasteiger partial charge in [0.15, 0.2) is 11.5 Å². The van der Waals surface area contributed by atoms with Crippen LogP contribution in [-0.4, -0.2) is 26.9 Å². The number of benzene rings is 2. The van der Waals surface area contributed by atoms with Gasteiger partial charge in [-0.25, -0.2) is 0 Å². The Hall–Kier alpha value is -1.46. The summed E-state index contributed by atoms with van der Waals surface area (Å²) in [4.78, 5) is 0. The van der Waals surface area contributed by atoms with E-state index in [1.54, 1.807) is 7.11 Å². The van der Waals surface area contributed by atoms with Gasteiger partial charge < -0.3 is 19.5 Å². The molecule has 0 amide bonds. The molecule has 144 valence electrons. The van der Waals surface area contributed by atoms with E-state index in [2.05, 4.69) is 11.4 Å². The van der Waals surface area contributed by atoms with E-state index in [1.807, 2.05) is 43.3 Å². The van der Waals surface area contributed by atoms with Gasteiger partial charge in [0, 0.05) is 25.3 Å². The van der Waals surface area contributed by atoms with Crippen molar-refractivity contribution in [3.8, 4) is 11.5 Å². The van der Waals surface area contributed by atoms with E-state index in [4.69, 9.17) is 25.8 Å². The predicted octanol–water partition coefficient (Wildman–Crippen LogP) is 4.87. The summed E-state index contributed by atoms with van der Waals surface area (Å²) in [6.45, 7) is 5.54. The molecule has 0 aliphatic heterocycles. The largest absolute Gasteiger partial charge is 0.490 e. The minimum absolute atomic E-state index is 0. The fourth-order valence-electron chi connectivity index (χ4n) is 2.37. The van der Waals surface area contributed by atoms with Gasteiger partial charge >= 0.3 is 0 Å². The first kappa shape index (κ1) is 22.6. The minimum Gasteiger partial charge on any atom is -0.490 e. The molecular formula is C20H27Cl2NO3. The Morgan fingerprint density at radius 3 is 2.38 bits per heavy atom. The summed E-state index contributed by atoms with van der Waals surface area (Å²) in [6, 6.07) is 13.7. The van der Waals surface area contributed by atoms with E-state index < -0.39 is 0 Å². The molecular weight excluding hydrogens is 373 g/mol. The van der Waals surface area contributed by atoms with Crippen molar-refractivity contribution in [1.82, 2.24) is 5.32 Å². The summed E-state index contributed by atoms with van der Waals surface area (Å²) in [5.74, 6) is 1.52. The summed E-state index contributed by atoms with van der Waals surface area (Å²) in [6.07, 6.45) is 0.997. The number of methoxy groups -OCH3 is 1. The molecule has 0 aromatic heterocycles. The molecule has 0 saturated carbocycles. The second-order valence-corrected chi connectivity index (χ2v) is 6.09. The number of nitrogens with one attached hydrogen (secondary N) is 1. The molecule has 2 rings (SSSR count). The molecule has 6 heteroatoms. The molecule has 2 aromatic rings. The summed E-state index contributed by atoms with van der Waals surface area (Å²) in [5.41, 5.74) is 2.23. The molecule has 0 fully saturated rings. The first-order valence-electron chi connectivity index (χ1n) is 8.55. The third-order valence-electron chi connectivity index (χ3n) is 3.65. The lowest BCUT2D eigenvalue weighted by atomic mass is 10.2. The van der Waals surface area contributed by atoms with Gasteiger partial charge in [-0.05, 0) is 55.3 Å². The molecule has 0 saturated heterocycles. The van der Waals surface area contributed by atoms with Crippen molar-refractivity contribution in [2.75, 3.05) is 26.9 Å². The molecule has 0 unspecified atom stereocenters. The van der Waals surface area contributed by atoms with Crippen molar-refractivity contribution in [1.29, 1.82) is 0 Å². The fraction of sp³-hybridized carbons (Fsp3) is 0.400. The lowest BCUT2D eigenvalue weighted by Gasteiger charge is -2.14. The summed E-state index contributed by atoms with van der Waals surface area (Å²) in [5, 5.41) is 4.12. The van der Waals surface area contributed by atoms with Crippen molar-refractivity contribution >= 4 is 24.0 Å². The smallest absolute Gasteiger partial charge is 0.161 e. The van der Waals surface area contributed by atoms with Crippen LogP contribution in [0.2, 0.25) is 5.02 Å². The second kappa shape index (κ2) is 12.8. The van der Waals surface area contributed by atoms with Crippen LogP contribution >= 0.6 is 24.0 Å². The van der Waals surface area contributed by atoms with Gasteiger partial charge in [0.1, 0.15) is 6.61 Å². The van der Waals surface area contributed by atoms with Gasteiger partial charge in [-0.2, -0.15) is 0 Å². The van der Waals surface area contributed by atoms with Crippen molar-refractivity contribution < 1.29 is 14.2 Å². The number of hydrogen-bond acceptors (Lipinski definition) is 4. The van der Waals surface area contributed by atoms with E-state index in [-0.39, 0.29) is 12.4 Å². The van der Waals surface area contributed by atoms with E-state index in [0.29, 0.717) is 13.2 Å². The summed E-state index contributed by atoms with van der Waals surface area (Å²) < 4.78 is 16.7. The second-order valence-electron chi connectivity index (χ2n) is 5.65. The predicted molar refractivity (Wildman–Crippen MR) is 109 cm³/mol. The lowest BCUT2D eigenvalue weighted by molar-refractivity contribution is 0.194. The Balaban J connectivity index is 0.00000338. The Morgan fingerprint density at radius 2 is 1.69 bits per heavy atom. The van der Waals surface area contributed by atoms with E-state index in [0.717, 1.165) is 48.2 Å². The SMILES string of the molecule is CCOc1cc(CNCCCOC)ccc1OCc1ccc(Cl)cc1.Cl. The highest BCUT2D eigenvalue weighted by atomic mass is 35.5. The van der Waals surface area contributed by atoms with E-state index in [9.17, 15) is 0 Å². The molecule has 2 aromatic carbocycles. The quantitative estimate of drug-likeness (QED) is 0.547. The zero-order chi connectivity index (χ0) is 17.9. The number of hydrogen-bond donors (Lipinski definition) is 1. The third-order valence-corrected chi connectivity index (χ3v) is 3.90. The maximum Gasteiger partial charge on any atom is 0.161 e. The maximum atomic E-state index is 5.92. The van der Waals surface area contributed by atoms with Crippen LogP contribution in [-0.2, 0) is 17.9 Å². The average Bonchev–Trinajstić information content (AvgIpc) is 2.62. The Kier molecular flexibility index (Phi) is 11.1. The minimum atomic E-state index is 0. The first-order valence-corrected chi connectivity index (χ1v) is 8.93. The average molecular weight is 400 g/mol. The van der Waals surface area contributed by atoms with Gasteiger partial charge in [-0.1, -0.05) is 29.8 Å². The molecule has 0 spiro atoms. The highest BCUT2D eigenvalue weighted by molar-refractivity contribution is 6.30. The van der Waals surface area contributed by atoms with Gasteiger partial charge in [0.25, 0.3) is 0 Å². The Morgan fingerprint density at radius 1 is 0.962 bits per heavy atom. The highest BCUT2D eigenvalue weighted by Gasteiger charge is 2.07. The molecule has 1 N–H and O–H groups in total. The molecule has 0 atom stereocenters. The van der Waals surface area contributed by atoms with Crippen LogP contribution in [0.3, 0.4) is 0 Å². The molecule has 26 heavy (non-hydrogen) atoms. The summed E-state index contributed by atoms with van der Waals surface area (Å²) >= 11 is 5.91. The Bertz CT molecular complexity index is 635. The van der Waals surface area contributed by atoms with Crippen LogP contribution in [0.15, 0.2) is 42.5 Å². The number of rotatable bonds is 11. The first-order chi connectivity index (χ1) is 12.2. The van der Waals surface area contributed by atoms with Gasteiger partial charge in [-0.3, -0.25) is 0 Å². The normalized spacial score (nSPS) is 10.3. The van der Waals surface area contributed by atoms with E-state index in [1.165, 1.54) is 5.56 Å². The highest BCUT2D eigenvalue weighted by Crippen LogP contribution is 2.29. The van der Waals surface area contributed by atoms with Crippen molar-refractivity contribution in [2.45, 2.75) is 26.5 Å². The zero-order valence-corrected chi connectivity index (χ0v) is 16.9. The molecule has 0 bridgehead atoms. The van der Waals surface area contributed by atoms with Crippen LogP contribution in [0.4, 0.5) is 0 Å². The maximum absolute atomic E-state index is 5.92. The van der Waals surface area contributed by atoms with E-state index >= 15 is 0 Å². The van der Waals surface area contributed by atoms with Crippen molar-refractivity contribution in [2.24, 2.45) is 0 Å². The topological polar surface area (TPSA) is 39.7 Å². The molecule has 0 aliphatic rings. The van der Waals surface area contributed by atoms with Crippen LogP contribution in [0, 0.1) is 0 Å². The molecule has 0 aliphatic carbocycles. The standard InChI is InChI=1S/C20H26ClNO3.ClH/c1-3-24-20-13-17(14-22-11-4-12-23-2)7-10-19(20)25-15-16-5-8-18(21)9-6-16;/h5-10,13,22H,3-4,11-12,14-15H2,1-2H3;1H. The number of halogens is 2. The molecule has 0 radical (unpaired) electrons.